The van der Waals surface area contributed by atoms with Gasteiger partial charge < -0.3 is 15.1 Å². The summed E-state index contributed by atoms with van der Waals surface area (Å²) in [6, 6.07) is 5.76. The Morgan fingerprint density at radius 3 is 2.41 bits per heavy atom. The predicted octanol–water partition coefficient (Wildman–Crippen LogP) is 1.56. The zero-order valence-corrected chi connectivity index (χ0v) is 25.3. The van der Waals surface area contributed by atoms with Crippen molar-refractivity contribution in [2.75, 3.05) is 19.7 Å². The molecule has 1 amide bonds. The van der Waals surface area contributed by atoms with Crippen molar-refractivity contribution in [3.8, 4) is 5.75 Å². The molecular weight excluding hydrogens is 563 g/mol. The minimum Gasteiger partial charge on any atom is -0.848 e. The van der Waals surface area contributed by atoms with Crippen LogP contribution in [0.15, 0.2) is 33.3 Å². The number of carbonyl (C=O) groups is 1. The molecule has 32 heavy (non-hydrogen) atoms. The molecule has 1 aliphatic heterocycles. The van der Waals surface area contributed by atoms with Crippen LogP contribution in [0.3, 0.4) is 0 Å². The summed E-state index contributed by atoms with van der Waals surface area (Å²) >= 11 is 7.22. The number of carbonyl (C=O) groups excluding carboxylic acids is 1. The van der Waals surface area contributed by atoms with Gasteiger partial charge in [0.2, 0.25) is 5.91 Å². The van der Waals surface area contributed by atoms with E-state index in [9.17, 15) is 15.0 Å². The third kappa shape index (κ3) is 6.65. The number of benzene rings is 1. The molecule has 1 N–H and O–H groups in total. The van der Waals surface area contributed by atoms with Crippen LogP contribution in [0.25, 0.3) is 0 Å². The van der Waals surface area contributed by atoms with E-state index in [2.05, 4.69) is 51.8 Å². The smallest absolute Gasteiger partial charge is 0.848 e. The molecule has 2 aliphatic rings. The van der Waals surface area contributed by atoms with E-state index in [1.807, 2.05) is 12.3 Å². The van der Waals surface area contributed by atoms with Gasteiger partial charge in [-0.25, -0.2) is 0 Å². The topological polar surface area (TPSA) is 76.5 Å². The van der Waals surface area contributed by atoms with Crippen molar-refractivity contribution in [3.63, 3.8) is 0 Å². The second kappa shape index (κ2) is 13.3. The quantitative estimate of drug-likeness (QED) is 0.538. The van der Waals surface area contributed by atoms with Gasteiger partial charge in [0.25, 0.3) is 0 Å². The molecule has 0 radical (unpaired) electrons. The summed E-state index contributed by atoms with van der Waals surface area (Å²) in [5.74, 6) is 0.370. The average Bonchev–Trinajstić information content (AvgIpc) is 2.90. The van der Waals surface area contributed by atoms with Crippen LogP contribution in [0.4, 0.5) is 0 Å². The van der Waals surface area contributed by atoms with E-state index in [0.29, 0.717) is 19.0 Å². The fourth-order valence-electron chi connectivity index (χ4n) is 4.62. The van der Waals surface area contributed by atoms with E-state index >= 15 is 0 Å². The van der Waals surface area contributed by atoms with Gasteiger partial charge in [0.05, 0.1) is 5.69 Å². The van der Waals surface area contributed by atoms with E-state index in [0.717, 1.165) is 45.9 Å². The molecule has 0 spiro atoms. The van der Waals surface area contributed by atoms with E-state index in [1.165, 1.54) is 17.5 Å². The van der Waals surface area contributed by atoms with Crippen LogP contribution in [-0.2, 0) is 17.6 Å². The number of rotatable bonds is 2. The minimum atomic E-state index is -0.680. The minimum absolute atomic E-state index is 0. The summed E-state index contributed by atoms with van der Waals surface area (Å²) in [4.78, 5) is 18.3. The molecule has 1 aromatic heterocycles. The van der Waals surface area contributed by atoms with E-state index in [-0.39, 0.29) is 69.0 Å². The van der Waals surface area contributed by atoms with Crippen molar-refractivity contribution in [1.29, 1.82) is 0 Å². The predicted molar refractivity (Wildman–Crippen MR) is 127 cm³/mol. The molecular formula is C24H29Br2KN2O3. The van der Waals surface area contributed by atoms with Crippen molar-refractivity contribution in [3.05, 3.63) is 55.7 Å². The fourth-order valence-corrected chi connectivity index (χ4v) is 5.74. The molecule has 2 heterocycles. The standard InChI is InChI=1S/C21H21Br2N2O3.C3H8.K/c22-15-7-14-2-1-13-8-16(27)9-17(23)19(13)20(21(14)24-10-15)12-3-5-25(6-4-12)18(28)11-26;1-3-2;/h7-10,12,20,27H,1-6,11H2;3H2,1-2H3;/q-1;;+1. The summed E-state index contributed by atoms with van der Waals surface area (Å²) in [6.45, 7) is 4.79. The summed E-state index contributed by atoms with van der Waals surface area (Å²) in [6.07, 6.45) is 6.48. The summed E-state index contributed by atoms with van der Waals surface area (Å²) in [5.41, 5.74) is 4.64. The molecule has 5 nitrogen and oxygen atoms in total. The van der Waals surface area contributed by atoms with Crippen molar-refractivity contribution >= 4 is 37.8 Å². The first-order chi connectivity index (χ1) is 14.9. The molecule has 1 saturated heterocycles. The normalized spacial score (nSPS) is 17.8. The van der Waals surface area contributed by atoms with Crippen molar-refractivity contribution in [2.45, 2.75) is 51.9 Å². The van der Waals surface area contributed by atoms with Crippen LogP contribution >= 0.6 is 31.9 Å². The van der Waals surface area contributed by atoms with Gasteiger partial charge in [-0.15, -0.1) is 0 Å². The molecule has 1 aromatic carbocycles. The summed E-state index contributed by atoms with van der Waals surface area (Å²) < 4.78 is 1.87. The number of likely N-dealkylation sites (tertiary alicyclic amines) is 1. The summed E-state index contributed by atoms with van der Waals surface area (Å²) in [7, 11) is 0. The maximum Gasteiger partial charge on any atom is 1.00 e. The Bertz CT molecular complexity index is 934. The number of amides is 1. The Morgan fingerprint density at radius 2 is 1.78 bits per heavy atom. The largest absolute Gasteiger partial charge is 1.00 e. The molecule has 2 aromatic rings. The molecule has 1 fully saturated rings. The van der Waals surface area contributed by atoms with Crippen LogP contribution in [0.5, 0.6) is 5.75 Å². The summed E-state index contributed by atoms with van der Waals surface area (Å²) in [5, 5.41) is 21.1. The first-order valence-electron chi connectivity index (χ1n) is 10.9. The van der Waals surface area contributed by atoms with Crippen LogP contribution in [0.1, 0.15) is 61.4 Å². The van der Waals surface area contributed by atoms with Gasteiger partial charge in [0, 0.05) is 34.1 Å². The van der Waals surface area contributed by atoms with Gasteiger partial charge in [-0.3, -0.25) is 9.78 Å². The molecule has 168 valence electrons. The van der Waals surface area contributed by atoms with Crippen LogP contribution in [0.2, 0.25) is 0 Å². The zero-order valence-electron chi connectivity index (χ0n) is 19.0. The van der Waals surface area contributed by atoms with E-state index in [4.69, 9.17) is 4.98 Å². The number of fused-ring (bicyclic) bond motifs is 2. The second-order valence-corrected chi connectivity index (χ2v) is 10.0. The third-order valence-electron chi connectivity index (χ3n) is 5.92. The molecule has 1 unspecified atom stereocenters. The van der Waals surface area contributed by atoms with Crippen LogP contribution in [0, 0.1) is 5.92 Å². The van der Waals surface area contributed by atoms with Crippen molar-refractivity contribution < 1.29 is 66.4 Å². The van der Waals surface area contributed by atoms with Crippen molar-refractivity contribution in [2.24, 2.45) is 5.92 Å². The number of aromatic nitrogens is 1. The van der Waals surface area contributed by atoms with Gasteiger partial charge in [-0.2, -0.15) is 0 Å². The molecule has 0 saturated carbocycles. The molecule has 0 bridgehead atoms. The number of nitrogens with zero attached hydrogens (tertiary/aromatic N) is 2. The number of hydrogen-bond acceptors (Lipinski definition) is 4. The Labute approximate surface area is 250 Å². The molecule has 8 heteroatoms. The zero-order chi connectivity index (χ0) is 22.5. The SMILES string of the molecule is CCC.O=C(C[O-])N1CCC(C2c3ncc(Br)cc3CCc3cc(O)cc(Br)c32)CC1.[K+]. The van der Waals surface area contributed by atoms with Gasteiger partial charge in [0.1, 0.15) is 5.75 Å². The second-order valence-electron chi connectivity index (χ2n) is 8.25. The van der Waals surface area contributed by atoms with Crippen molar-refractivity contribution in [1.82, 2.24) is 9.88 Å². The average molecular weight is 592 g/mol. The Kier molecular flexibility index (Phi) is 11.8. The number of aromatic hydroxyl groups is 1. The van der Waals surface area contributed by atoms with Gasteiger partial charge in [0.15, 0.2) is 0 Å². The first-order valence-corrected chi connectivity index (χ1v) is 12.5. The monoisotopic (exact) mass is 590 g/mol. The van der Waals surface area contributed by atoms with E-state index < -0.39 is 6.61 Å². The van der Waals surface area contributed by atoms with Gasteiger partial charge >= 0.3 is 51.4 Å². The van der Waals surface area contributed by atoms with Gasteiger partial charge in [-0.1, -0.05) is 42.8 Å². The Hall–Kier alpha value is 0.196. The van der Waals surface area contributed by atoms with E-state index in [1.54, 1.807) is 11.0 Å². The number of hydrogen-bond donors (Lipinski definition) is 1. The van der Waals surface area contributed by atoms with Crippen LogP contribution < -0.4 is 56.5 Å². The number of piperidine rings is 1. The first kappa shape index (κ1) is 28.4. The number of halogens is 2. The van der Waals surface area contributed by atoms with Crippen LogP contribution in [-0.4, -0.2) is 40.6 Å². The maximum absolute atomic E-state index is 11.8. The molecule has 1 aliphatic carbocycles. The Morgan fingerprint density at radius 1 is 1.16 bits per heavy atom. The number of phenols is 1. The third-order valence-corrected chi connectivity index (χ3v) is 7.01. The molecule has 1 atom stereocenters. The number of aryl methyl sites for hydroxylation is 2. The maximum atomic E-state index is 11.8. The van der Waals surface area contributed by atoms with Gasteiger partial charge in [-0.05, 0) is 82.4 Å². The molecule has 4 rings (SSSR count). The Balaban J connectivity index is 0.000000860. The fraction of sp³-hybridized carbons (Fsp3) is 0.500. The number of phenolic OH excluding ortho intramolecular Hbond substituents is 1. The number of pyridine rings is 1.